The summed E-state index contributed by atoms with van der Waals surface area (Å²) >= 11 is 7.64. The number of allylic oxidation sites excluding steroid dienone is 1. The smallest absolute Gasteiger partial charge is 0.255 e. The van der Waals surface area contributed by atoms with Gasteiger partial charge in [0.1, 0.15) is 17.5 Å². The highest BCUT2D eigenvalue weighted by atomic mass is 35.5. The molecule has 1 atom stereocenters. The molecule has 1 amide bonds. The van der Waals surface area contributed by atoms with Crippen molar-refractivity contribution in [1.82, 2.24) is 14.8 Å². The highest BCUT2D eigenvalue weighted by molar-refractivity contribution is 7.98. The van der Waals surface area contributed by atoms with Crippen LogP contribution in [0.25, 0.3) is 0 Å². The van der Waals surface area contributed by atoms with Crippen molar-refractivity contribution in [2.45, 2.75) is 23.9 Å². The van der Waals surface area contributed by atoms with Gasteiger partial charge in [-0.3, -0.25) is 4.79 Å². The molecule has 8 nitrogen and oxygen atoms in total. The van der Waals surface area contributed by atoms with E-state index in [9.17, 15) is 4.79 Å². The topological polar surface area (TPSA) is 90.3 Å². The van der Waals surface area contributed by atoms with Gasteiger partial charge < -0.3 is 20.1 Å². The Balaban J connectivity index is 1.47. The van der Waals surface area contributed by atoms with Gasteiger partial charge in [0.25, 0.3) is 5.91 Å². The molecule has 1 aromatic heterocycles. The maximum Gasteiger partial charge on any atom is 0.255 e. The van der Waals surface area contributed by atoms with Crippen LogP contribution in [-0.4, -0.2) is 34.9 Å². The molecule has 0 fully saturated rings. The molecule has 2 N–H and O–H groups in total. The Hall–Kier alpha value is -3.95. The molecule has 2 heterocycles. The van der Waals surface area contributed by atoms with E-state index >= 15 is 0 Å². The number of nitrogens with zero attached hydrogens (tertiary/aromatic N) is 3. The first kappa shape index (κ1) is 25.7. The van der Waals surface area contributed by atoms with Gasteiger partial charge >= 0.3 is 0 Å². The monoisotopic (exact) mass is 547 g/mol. The molecule has 10 heteroatoms. The van der Waals surface area contributed by atoms with Crippen molar-refractivity contribution in [2.75, 3.05) is 24.9 Å². The second kappa shape index (κ2) is 11.2. The number of thioether (sulfide) groups is 1. The summed E-state index contributed by atoms with van der Waals surface area (Å²) in [5.74, 6) is 2.43. The third kappa shape index (κ3) is 5.49. The van der Waals surface area contributed by atoms with Crippen LogP contribution in [0.2, 0.25) is 5.02 Å². The standard InChI is InChI=1S/C28H26ClN5O3S/c1-17-24(26(35)31-21-9-13-23(37-3)14-10-21)25(19-7-11-22(36-2)12-8-19)34-27(30-17)32-28(33-34)38-16-18-5-4-6-20(29)15-18/h4-15,25H,16H2,1-3H3,(H,31,35)(H,30,32,33)/t25-/m0/s1. The molecular formula is C28H26ClN5O3S. The van der Waals surface area contributed by atoms with Crippen LogP contribution in [0.4, 0.5) is 11.6 Å². The molecule has 0 unspecified atom stereocenters. The van der Waals surface area contributed by atoms with Gasteiger partial charge in [-0.2, -0.15) is 4.98 Å². The lowest BCUT2D eigenvalue weighted by molar-refractivity contribution is -0.113. The minimum absolute atomic E-state index is 0.240. The lowest BCUT2D eigenvalue weighted by Gasteiger charge is -2.28. The average molecular weight is 548 g/mol. The number of fused-ring (bicyclic) bond motifs is 1. The molecule has 1 aliphatic heterocycles. The number of rotatable bonds is 8. The summed E-state index contributed by atoms with van der Waals surface area (Å²) in [5, 5.41) is 12.4. The summed E-state index contributed by atoms with van der Waals surface area (Å²) in [4.78, 5) is 18.4. The van der Waals surface area contributed by atoms with E-state index in [1.807, 2.05) is 55.5 Å². The van der Waals surface area contributed by atoms with E-state index in [-0.39, 0.29) is 5.91 Å². The number of nitrogens with one attached hydrogen (secondary N) is 2. The molecule has 0 spiro atoms. The lowest BCUT2D eigenvalue weighted by atomic mass is 9.95. The second-order valence-electron chi connectivity index (χ2n) is 8.60. The van der Waals surface area contributed by atoms with Gasteiger partial charge in [0.05, 0.1) is 19.8 Å². The Bertz CT molecular complexity index is 1490. The van der Waals surface area contributed by atoms with E-state index < -0.39 is 6.04 Å². The fourth-order valence-corrected chi connectivity index (χ4v) is 5.21. The zero-order valence-electron chi connectivity index (χ0n) is 21.1. The number of anilines is 2. The number of ether oxygens (including phenoxy) is 2. The number of carbonyl (C=O) groups is 1. The third-order valence-electron chi connectivity index (χ3n) is 6.11. The fraction of sp³-hybridized carbons (Fsp3) is 0.179. The van der Waals surface area contributed by atoms with Gasteiger partial charge in [-0.15, -0.1) is 5.10 Å². The van der Waals surface area contributed by atoms with Crippen molar-refractivity contribution in [2.24, 2.45) is 0 Å². The third-order valence-corrected chi connectivity index (χ3v) is 7.26. The summed E-state index contributed by atoms with van der Waals surface area (Å²) in [6, 6.07) is 22.0. The maximum atomic E-state index is 13.7. The Morgan fingerprint density at radius 2 is 1.74 bits per heavy atom. The van der Waals surface area contributed by atoms with E-state index in [1.54, 1.807) is 43.2 Å². The Kier molecular flexibility index (Phi) is 7.57. The van der Waals surface area contributed by atoms with Crippen LogP contribution >= 0.6 is 23.4 Å². The molecule has 1 aliphatic rings. The van der Waals surface area contributed by atoms with Crippen molar-refractivity contribution in [3.05, 3.63) is 100 Å². The average Bonchev–Trinajstić information content (AvgIpc) is 3.34. The molecule has 0 bridgehead atoms. The molecule has 0 aliphatic carbocycles. The number of methoxy groups -OCH3 is 2. The lowest BCUT2D eigenvalue weighted by Crippen LogP contribution is -2.31. The molecule has 3 aromatic carbocycles. The summed E-state index contributed by atoms with van der Waals surface area (Å²) in [5.41, 5.74) is 3.84. The van der Waals surface area contributed by atoms with Crippen LogP contribution in [0.1, 0.15) is 24.1 Å². The number of halogens is 1. The van der Waals surface area contributed by atoms with Crippen molar-refractivity contribution in [3.8, 4) is 11.5 Å². The second-order valence-corrected chi connectivity index (χ2v) is 9.98. The summed E-state index contributed by atoms with van der Waals surface area (Å²) in [6.45, 7) is 1.87. The number of amides is 1. The first-order valence-electron chi connectivity index (χ1n) is 11.9. The Morgan fingerprint density at radius 3 is 2.39 bits per heavy atom. The fourth-order valence-electron chi connectivity index (χ4n) is 4.23. The largest absolute Gasteiger partial charge is 0.497 e. The quantitative estimate of drug-likeness (QED) is 0.255. The van der Waals surface area contributed by atoms with Crippen LogP contribution < -0.4 is 20.1 Å². The molecule has 0 radical (unpaired) electrons. The molecule has 38 heavy (non-hydrogen) atoms. The molecular weight excluding hydrogens is 522 g/mol. The highest BCUT2D eigenvalue weighted by Gasteiger charge is 2.34. The van der Waals surface area contributed by atoms with Gasteiger partial charge in [-0.05, 0) is 66.6 Å². The predicted octanol–water partition coefficient (Wildman–Crippen LogP) is 6.17. The number of benzene rings is 3. The predicted molar refractivity (Wildman–Crippen MR) is 150 cm³/mol. The summed E-state index contributed by atoms with van der Waals surface area (Å²) in [6.07, 6.45) is 0. The van der Waals surface area contributed by atoms with Gasteiger partial charge in [-0.25, -0.2) is 4.68 Å². The van der Waals surface area contributed by atoms with Crippen LogP contribution in [-0.2, 0) is 10.5 Å². The first-order valence-corrected chi connectivity index (χ1v) is 13.2. The minimum Gasteiger partial charge on any atom is -0.497 e. The molecule has 0 saturated heterocycles. The van der Waals surface area contributed by atoms with Crippen molar-refractivity contribution < 1.29 is 14.3 Å². The summed E-state index contributed by atoms with van der Waals surface area (Å²) in [7, 11) is 3.22. The maximum absolute atomic E-state index is 13.7. The van der Waals surface area contributed by atoms with Crippen LogP contribution in [0.15, 0.2) is 89.2 Å². The summed E-state index contributed by atoms with van der Waals surface area (Å²) < 4.78 is 12.3. The molecule has 0 saturated carbocycles. The molecule has 5 rings (SSSR count). The first-order chi connectivity index (χ1) is 18.4. The molecule has 194 valence electrons. The highest BCUT2D eigenvalue weighted by Crippen LogP contribution is 2.37. The van der Waals surface area contributed by atoms with Gasteiger partial charge in [0, 0.05) is 22.2 Å². The number of hydrogen-bond donors (Lipinski definition) is 2. The van der Waals surface area contributed by atoms with E-state index in [4.69, 9.17) is 31.2 Å². The SMILES string of the molecule is COc1ccc(NC(=O)C2=C(C)Nc3nc(SCc4cccc(Cl)c4)nn3[C@H]2c2ccc(OC)cc2)cc1. The van der Waals surface area contributed by atoms with E-state index in [0.29, 0.717) is 44.6 Å². The van der Waals surface area contributed by atoms with Gasteiger partial charge in [0.15, 0.2) is 0 Å². The van der Waals surface area contributed by atoms with E-state index in [1.165, 1.54) is 11.8 Å². The Morgan fingerprint density at radius 1 is 1.05 bits per heavy atom. The normalized spacial score (nSPS) is 14.5. The van der Waals surface area contributed by atoms with Crippen molar-refractivity contribution in [3.63, 3.8) is 0 Å². The van der Waals surface area contributed by atoms with Crippen LogP contribution in [0.5, 0.6) is 11.5 Å². The number of carbonyl (C=O) groups excluding carboxylic acids is 1. The van der Waals surface area contributed by atoms with Gasteiger partial charge in [0.2, 0.25) is 11.1 Å². The van der Waals surface area contributed by atoms with Crippen molar-refractivity contribution >= 4 is 40.9 Å². The number of hydrogen-bond acceptors (Lipinski definition) is 7. The Labute approximate surface area is 230 Å². The zero-order chi connectivity index (χ0) is 26.6. The molecule has 4 aromatic rings. The van der Waals surface area contributed by atoms with Crippen molar-refractivity contribution in [1.29, 1.82) is 0 Å². The van der Waals surface area contributed by atoms with Crippen LogP contribution in [0.3, 0.4) is 0 Å². The van der Waals surface area contributed by atoms with E-state index in [0.717, 1.165) is 16.9 Å². The minimum atomic E-state index is -0.497. The zero-order valence-corrected chi connectivity index (χ0v) is 22.6. The van der Waals surface area contributed by atoms with E-state index in [2.05, 4.69) is 10.6 Å². The van der Waals surface area contributed by atoms with Crippen LogP contribution in [0, 0.1) is 0 Å². The number of aromatic nitrogens is 3. The van der Waals surface area contributed by atoms with Gasteiger partial charge in [-0.1, -0.05) is 47.6 Å².